The predicted molar refractivity (Wildman–Crippen MR) is 68.0 cm³/mol. The summed E-state index contributed by atoms with van der Waals surface area (Å²) in [5.41, 5.74) is 9.53. The molecule has 0 aliphatic carbocycles. The van der Waals surface area contributed by atoms with E-state index in [1.54, 1.807) is 0 Å². The molecule has 0 amide bonds. The van der Waals surface area contributed by atoms with Crippen molar-refractivity contribution in [3.63, 3.8) is 0 Å². The van der Waals surface area contributed by atoms with Crippen LogP contribution in [0.4, 0.5) is 5.69 Å². The van der Waals surface area contributed by atoms with E-state index in [0.29, 0.717) is 0 Å². The normalized spacial score (nSPS) is 15.5. The number of nitrogen functional groups attached to an aromatic ring is 1. The Morgan fingerprint density at radius 2 is 2.13 bits per heavy atom. The fraction of sp³-hybridized carbons (Fsp3) is 0.500. The number of benzene rings is 1. The lowest BCUT2D eigenvalue weighted by molar-refractivity contribution is 0.303. The Bertz CT molecular complexity index is 338. The Kier molecular flexibility index (Phi) is 3.54. The molecular weight excluding hydrogens is 204 g/mol. The summed E-state index contributed by atoms with van der Waals surface area (Å²) < 4.78 is 0. The van der Waals surface area contributed by atoms with Crippen LogP contribution in [0, 0.1) is 0 Å². The smallest absolute Gasteiger partial charge is 0.0317 e. The van der Waals surface area contributed by atoms with Gasteiger partial charge in [-0.25, -0.2) is 0 Å². The zero-order valence-electron chi connectivity index (χ0n) is 9.20. The molecule has 15 heavy (non-hydrogen) atoms. The van der Waals surface area contributed by atoms with Gasteiger partial charge in [0.25, 0.3) is 0 Å². The molecule has 0 spiro atoms. The van der Waals surface area contributed by atoms with Gasteiger partial charge >= 0.3 is 0 Å². The molecule has 0 saturated carbocycles. The molecule has 1 aromatic carbocycles. The molecule has 0 unspecified atom stereocenters. The number of hydrogen-bond donors (Lipinski definition) is 1. The second-order valence-corrected chi connectivity index (χ2v) is 5.33. The number of rotatable bonds is 4. The molecular formula is C12H18N2S. The van der Waals surface area contributed by atoms with Crippen LogP contribution >= 0.6 is 11.8 Å². The summed E-state index contributed by atoms with van der Waals surface area (Å²) in [5.74, 6) is 2.45. The first-order valence-corrected chi connectivity index (χ1v) is 6.62. The third-order valence-electron chi connectivity index (χ3n) is 2.77. The molecule has 2 nitrogen and oxygen atoms in total. The Morgan fingerprint density at radius 1 is 1.33 bits per heavy atom. The van der Waals surface area contributed by atoms with Crippen molar-refractivity contribution < 1.29 is 0 Å². The minimum absolute atomic E-state index is 0.888. The lowest BCUT2D eigenvalue weighted by Gasteiger charge is -2.13. The molecule has 0 fully saturated rings. The Balaban J connectivity index is 1.91. The maximum atomic E-state index is 5.78. The molecule has 1 aliphatic heterocycles. The average Bonchev–Trinajstić information content (AvgIpc) is 2.60. The Morgan fingerprint density at radius 3 is 2.93 bits per heavy atom. The standard InChI is InChI=1S/C12H18N2S/c1-2-15-6-5-14-8-10-3-4-12(13)7-11(10)9-14/h3-4,7H,2,5-6,8-9,13H2,1H3. The second kappa shape index (κ2) is 4.90. The van der Waals surface area contributed by atoms with E-state index in [0.717, 1.165) is 18.8 Å². The van der Waals surface area contributed by atoms with Crippen molar-refractivity contribution >= 4 is 17.4 Å². The van der Waals surface area contributed by atoms with E-state index >= 15 is 0 Å². The largest absolute Gasteiger partial charge is 0.399 e. The highest BCUT2D eigenvalue weighted by atomic mass is 32.2. The van der Waals surface area contributed by atoms with Gasteiger partial charge in [-0.15, -0.1) is 0 Å². The van der Waals surface area contributed by atoms with E-state index < -0.39 is 0 Å². The highest BCUT2D eigenvalue weighted by Crippen LogP contribution is 2.24. The van der Waals surface area contributed by atoms with Gasteiger partial charge in [-0.3, -0.25) is 4.90 Å². The highest BCUT2D eigenvalue weighted by Gasteiger charge is 2.17. The lowest BCUT2D eigenvalue weighted by atomic mass is 10.1. The van der Waals surface area contributed by atoms with Crippen LogP contribution in [0.3, 0.4) is 0 Å². The lowest BCUT2D eigenvalue weighted by Crippen LogP contribution is -2.19. The van der Waals surface area contributed by atoms with Crippen molar-refractivity contribution in [2.24, 2.45) is 0 Å². The van der Waals surface area contributed by atoms with Crippen molar-refractivity contribution in [1.29, 1.82) is 0 Å². The molecule has 2 rings (SSSR count). The van der Waals surface area contributed by atoms with Crippen molar-refractivity contribution in [1.82, 2.24) is 4.90 Å². The summed E-state index contributed by atoms with van der Waals surface area (Å²) in [6.45, 7) is 5.57. The minimum atomic E-state index is 0.888. The van der Waals surface area contributed by atoms with E-state index in [1.807, 2.05) is 17.8 Å². The van der Waals surface area contributed by atoms with Gasteiger partial charge in [-0.1, -0.05) is 13.0 Å². The highest BCUT2D eigenvalue weighted by molar-refractivity contribution is 7.99. The van der Waals surface area contributed by atoms with Gasteiger partial charge in [0.15, 0.2) is 0 Å². The Hall–Kier alpha value is -0.670. The first-order chi connectivity index (χ1) is 7.29. The van der Waals surface area contributed by atoms with E-state index in [2.05, 4.69) is 24.0 Å². The third kappa shape index (κ3) is 2.67. The number of hydrogen-bond acceptors (Lipinski definition) is 3. The van der Waals surface area contributed by atoms with Crippen LogP contribution in [0.25, 0.3) is 0 Å². The summed E-state index contributed by atoms with van der Waals surface area (Å²) in [7, 11) is 0. The van der Waals surface area contributed by atoms with Crippen LogP contribution in [0.2, 0.25) is 0 Å². The van der Waals surface area contributed by atoms with Crippen LogP contribution in [0.15, 0.2) is 18.2 Å². The summed E-state index contributed by atoms with van der Waals surface area (Å²) >= 11 is 2.01. The van der Waals surface area contributed by atoms with E-state index in [4.69, 9.17) is 5.73 Å². The summed E-state index contributed by atoms with van der Waals surface area (Å²) in [4.78, 5) is 2.49. The van der Waals surface area contributed by atoms with Crippen molar-refractivity contribution in [3.8, 4) is 0 Å². The predicted octanol–water partition coefficient (Wildman–Crippen LogP) is 2.34. The molecule has 0 atom stereocenters. The SMILES string of the molecule is CCSCCN1Cc2ccc(N)cc2C1. The molecule has 1 aromatic rings. The fourth-order valence-corrected chi connectivity index (χ4v) is 2.66. The molecule has 1 aliphatic rings. The summed E-state index contributed by atoms with van der Waals surface area (Å²) in [6.07, 6.45) is 0. The van der Waals surface area contributed by atoms with Crippen molar-refractivity contribution in [2.75, 3.05) is 23.8 Å². The first kappa shape index (κ1) is 10.8. The fourth-order valence-electron chi connectivity index (χ4n) is 1.98. The molecule has 0 bridgehead atoms. The quantitative estimate of drug-likeness (QED) is 0.626. The van der Waals surface area contributed by atoms with Gasteiger partial charge in [0.05, 0.1) is 0 Å². The van der Waals surface area contributed by atoms with E-state index in [1.165, 1.54) is 29.2 Å². The number of anilines is 1. The Labute approximate surface area is 95.8 Å². The topological polar surface area (TPSA) is 29.3 Å². The van der Waals surface area contributed by atoms with Crippen molar-refractivity contribution in [2.45, 2.75) is 20.0 Å². The van der Waals surface area contributed by atoms with Crippen LogP contribution in [0.5, 0.6) is 0 Å². The average molecular weight is 222 g/mol. The zero-order chi connectivity index (χ0) is 10.7. The summed E-state index contributed by atoms with van der Waals surface area (Å²) in [6, 6.07) is 6.28. The maximum absolute atomic E-state index is 5.78. The molecule has 0 saturated heterocycles. The van der Waals surface area contributed by atoms with E-state index in [9.17, 15) is 0 Å². The second-order valence-electron chi connectivity index (χ2n) is 3.94. The molecule has 1 heterocycles. The van der Waals surface area contributed by atoms with Gasteiger partial charge < -0.3 is 5.73 Å². The first-order valence-electron chi connectivity index (χ1n) is 5.47. The van der Waals surface area contributed by atoms with Crippen LogP contribution in [-0.4, -0.2) is 23.0 Å². The molecule has 0 aromatic heterocycles. The number of nitrogens with zero attached hydrogens (tertiary/aromatic N) is 1. The van der Waals surface area contributed by atoms with Crippen molar-refractivity contribution in [3.05, 3.63) is 29.3 Å². The van der Waals surface area contributed by atoms with Gasteiger partial charge in [0, 0.05) is 31.1 Å². The zero-order valence-corrected chi connectivity index (χ0v) is 10.0. The van der Waals surface area contributed by atoms with Gasteiger partial charge in [0.2, 0.25) is 0 Å². The number of thioether (sulfide) groups is 1. The third-order valence-corrected chi connectivity index (χ3v) is 3.65. The monoisotopic (exact) mass is 222 g/mol. The van der Waals surface area contributed by atoms with Crippen LogP contribution in [0.1, 0.15) is 18.1 Å². The molecule has 0 radical (unpaired) electrons. The molecule has 2 N–H and O–H groups in total. The van der Waals surface area contributed by atoms with Gasteiger partial charge in [0.1, 0.15) is 0 Å². The minimum Gasteiger partial charge on any atom is -0.399 e. The molecule has 82 valence electrons. The van der Waals surface area contributed by atoms with Gasteiger partial charge in [-0.05, 0) is 29.0 Å². The number of fused-ring (bicyclic) bond motifs is 1. The summed E-state index contributed by atoms with van der Waals surface area (Å²) in [5, 5.41) is 0. The van der Waals surface area contributed by atoms with Crippen LogP contribution < -0.4 is 5.73 Å². The van der Waals surface area contributed by atoms with Crippen LogP contribution in [-0.2, 0) is 13.1 Å². The number of nitrogens with two attached hydrogens (primary N) is 1. The van der Waals surface area contributed by atoms with E-state index in [-0.39, 0.29) is 0 Å². The maximum Gasteiger partial charge on any atom is 0.0317 e. The molecule has 3 heteroatoms. The van der Waals surface area contributed by atoms with Gasteiger partial charge in [-0.2, -0.15) is 11.8 Å².